The van der Waals surface area contributed by atoms with Gasteiger partial charge >= 0.3 is 0 Å². The molecular weight excluding hydrogens is 371 g/mol. The maximum atomic E-state index is 14.2. The number of hydrogen-bond donors (Lipinski definition) is 2. The van der Waals surface area contributed by atoms with Crippen LogP contribution in [0.3, 0.4) is 0 Å². The molecule has 0 aliphatic heterocycles. The molecule has 1 saturated carbocycles. The Morgan fingerprint density at radius 2 is 1.97 bits per heavy atom. The van der Waals surface area contributed by atoms with Gasteiger partial charge in [-0.1, -0.05) is 24.3 Å². The Hall–Kier alpha value is -2.96. The number of nitrogens with zero attached hydrogens (tertiary/aromatic N) is 2. The van der Waals surface area contributed by atoms with Gasteiger partial charge in [0.25, 0.3) is 0 Å². The molecule has 2 bridgehead atoms. The smallest absolute Gasteiger partial charge is 0.226 e. The van der Waals surface area contributed by atoms with Crippen LogP contribution in [0.5, 0.6) is 5.75 Å². The molecule has 2 aliphatic rings. The third-order valence-corrected chi connectivity index (χ3v) is 5.90. The number of aryl methyl sites for hydroxylation is 1. The molecule has 1 amide bonds. The number of aromatic nitrogens is 2. The van der Waals surface area contributed by atoms with E-state index < -0.39 is 5.82 Å². The molecule has 6 nitrogen and oxygen atoms in total. The average Bonchev–Trinajstić information content (AvgIpc) is 3.32. The predicted octanol–water partition coefficient (Wildman–Crippen LogP) is 3.41. The first-order valence-electron chi connectivity index (χ1n) is 9.84. The molecule has 2 N–H and O–H groups in total. The van der Waals surface area contributed by atoms with Gasteiger partial charge in [0.2, 0.25) is 5.91 Å². The second-order valence-electron chi connectivity index (χ2n) is 7.76. The molecule has 1 fully saturated rings. The number of methoxy groups -OCH3 is 1. The fourth-order valence-electron chi connectivity index (χ4n) is 4.38. The Morgan fingerprint density at radius 1 is 1.24 bits per heavy atom. The molecule has 1 aromatic carbocycles. The average molecular weight is 396 g/mol. The topological polar surface area (TPSA) is 76.1 Å². The van der Waals surface area contributed by atoms with Crippen molar-refractivity contribution in [2.75, 3.05) is 12.4 Å². The lowest BCUT2D eigenvalue weighted by Gasteiger charge is -2.29. The van der Waals surface area contributed by atoms with Gasteiger partial charge in [0.05, 0.1) is 25.3 Å². The lowest BCUT2D eigenvalue weighted by Crippen LogP contribution is -2.44. The summed E-state index contributed by atoms with van der Waals surface area (Å²) in [6.07, 6.45) is 6.27. The van der Waals surface area contributed by atoms with E-state index in [0.29, 0.717) is 5.82 Å². The Balaban J connectivity index is 1.50. The second kappa shape index (κ2) is 7.81. The molecule has 2 aliphatic carbocycles. The number of ether oxygens (including phenoxy) is 1. The molecule has 0 radical (unpaired) electrons. The van der Waals surface area contributed by atoms with Crippen LogP contribution in [0.2, 0.25) is 0 Å². The lowest BCUT2D eigenvalue weighted by atomic mass is 9.87. The van der Waals surface area contributed by atoms with Crippen molar-refractivity contribution in [1.82, 2.24) is 15.3 Å². The number of allylic oxidation sites excluding steroid dienone is 1. The maximum Gasteiger partial charge on any atom is 0.226 e. The molecular formula is C22H25FN4O2. The molecule has 2 aromatic rings. The number of amides is 1. The van der Waals surface area contributed by atoms with Crippen LogP contribution in [0.4, 0.5) is 10.2 Å². The van der Waals surface area contributed by atoms with Crippen LogP contribution in [0.1, 0.15) is 30.8 Å². The summed E-state index contributed by atoms with van der Waals surface area (Å²) in [5.41, 5.74) is 1.000. The van der Waals surface area contributed by atoms with E-state index in [-0.39, 0.29) is 41.6 Å². The van der Waals surface area contributed by atoms with Gasteiger partial charge in [-0.3, -0.25) is 4.79 Å². The Bertz CT molecular complexity index is 931. The number of anilines is 1. The van der Waals surface area contributed by atoms with Crippen molar-refractivity contribution in [2.45, 2.75) is 32.4 Å². The molecule has 0 spiro atoms. The van der Waals surface area contributed by atoms with Crippen molar-refractivity contribution in [1.29, 1.82) is 0 Å². The number of halogens is 1. The lowest BCUT2D eigenvalue weighted by molar-refractivity contribution is -0.126. The summed E-state index contributed by atoms with van der Waals surface area (Å²) in [4.78, 5) is 21.2. The highest BCUT2D eigenvalue weighted by Crippen LogP contribution is 2.45. The summed E-state index contributed by atoms with van der Waals surface area (Å²) in [6.45, 7) is 3.67. The van der Waals surface area contributed by atoms with Crippen LogP contribution < -0.4 is 15.4 Å². The standard InChI is InChI=1S/C22H25FN4O2/c1-12(14-6-8-17(29-3)9-7-14)25-22(28)19-15-4-5-16(10-15)20(19)27-21-18(23)11-24-13(2)26-21/h4-9,11-12,15-16,19-20H,10H2,1-3H3,(H,25,28)(H,24,26,27)/t12-,15-,16+,19+,20-/m1/s1. The maximum absolute atomic E-state index is 14.2. The van der Waals surface area contributed by atoms with Gasteiger partial charge in [-0.15, -0.1) is 0 Å². The molecule has 5 atom stereocenters. The van der Waals surface area contributed by atoms with Gasteiger partial charge in [0.1, 0.15) is 11.6 Å². The van der Waals surface area contributed by atoms with Gasteiger partial charge in [-0.05, 0) is 49.8 Å². The molecule has 1 heterocycles. The monoisotopic (exact) mass is 396 g/mol. The quantitative estimate of drug-likeness (QED) is 0.732. The predicted molar refractivity (Wildman–Crippen MR) is 108 cm³/mol. The minimum atomic E-state index is -0.506. The van der Waals surface area contributed by atoms with Crippen LogP contribution in [0, 0.1) is 30.5 Å². The molecule has 0 unspecified atom stereocenters. The van der Waals surface area contributed by atoms with Crippen molar-refractivity contribution < 1.29 is 13.9 Å². The zero-order chi connectivity index (χ0) is 20.5. The summed E-state index contributed by atoms with van der Waals surface area (Å²) < 4.78 is 19.4. The van der Waals surface area contributed by atoms with E-state index >= 15 is 0 Å². The van der Waals surface area contributed by atoms with Crippen LogP contribution in [0.25, 0.3) is 0 Å². The number of fused-ring (bicyclic) bond motifs is 2. The number of nitrogens with one attached hydrogen (secondary N) is 2. The Morgan fingerprint density at radius 3 is 2.69 bits per heavy atom. The number of hydrogen-bond acceptors (Lipinski definition) is 5. The third-order valence-electron chi connectivity index (χ3n) is 5.90. The minimum absolute atomic E-state index is 0.0335. The molecule has 29 heavy (non-hydrogen) atoms. The first kappa shape index (κ1) is 19.4. The number of carbonyl (C=O) groups excluding carboxylic acids is 1. The molecule has 7 heteroatoms. The van der Waals surface area contributed by atoms with Crippen LogP contribution >= 0.6 is 0 Å². The van der Waals surface area contributed by atoms with E-state index in [1.807, 2.05) is 31.2 Å². The van der Waals surface area contributed by atoms with Crippen molar-refractivity contribution >= 4 is 11.7 Å². The highest BCUT2D eigenvalue weighted by Gasteiger charge is 2.48. The summed E-state index contributed by atoms with van der Waals surface area (Å²) in [5, 5.41) is 6.31. The van der Waals surface area contributed by atoms with Crippen molar-refractivity contribution in [3.05, 3.63) is 59.8 Å². The van der Waals surface area contributed by atoms with Gasteiger partial charge < -0.3 is 15.4 Å². The highest BCUT2D eigenvalue weighted by molar-refractivity contribution is 5.82. The molecule has 152 valence electrons. The molecule has 0 saturated heterocycles. The summed E-state index contributed by atoms with van der Waals surface area (Å²) in [7, 11) is 1.62. The first-order valence-corrected chi connectivity index (χ1v) is 9.84. The third kappa shape index (κ3) is 3.81. The minimum Gasteiger partial charge on any atom is -0.497 e. The Kier molecular flexibility index (Phi) is 5.22. The zero-order valence-corrected chi connectivity index (χ0v) is 16.7. The number of rotatable bonds is 6. The van der Waals surface area contributed by atoms with Crippen LogP contribution in [0.15, 0.2) is 42.6 Å². The zero-order valence-electron chi connectivity index (χ0n) is 16.7. The SMILES string of the molecule is COc1ccc([C@@H](C)NC(=O)[C@@H]2[C@H](Nc3nc(C)ncc3F)[C@H]3C=C[C@@H]2C3)cc1. The van der Waals surface area contributed by atoms with E-state index in [4.69, 9.17) is 4.74 Å². The molecule has 4 rings (SSSR count). The second-order valence-corrected chi connectivity index (χ2v) is 7.76. The van der Waals surface area contributed by atoms with E-state index in [2.05, 4.69) is 32.8 Å². The fraction of sp³-hybridized carbons (Fsp3) is 0.409. The van der Waals surface area contributed by atoms with Crippen LogP contribution in [-0.4, -0.2) is 29.0 Å². The van der Waals surface area contributed by atoms with E-state index in [0.717, 1.165) is 23.9 Å². The molecule has 1 aromatic heterocycles. The fourth-order valence-corrected chi connectivity index (χ4v) is 4.38. The summed E-state index contributed by atoms with van der Waals surface area (Å²) in [6, 6.07) is 7.30. The van der Waals surface area contributed by atoms with Crippen molar-refractivity contribution in [3.63, 3.8) is 0 Å². The van der Waals surface area contributed by atoms with Crippen molar-refractivity contribution in [2.24, 2.45) is 17.8 Å². The number of carbonyl (C=O) groups is 1. The van der Waals surface area contributed by atoms with Gasteiger partial charge in [0.15, 0.2) is 11.6 Å². The van der Waals surface area contributed by atoms with Gasteiger partial charge in [-0.2, -0.15) is 0 Å². The number of benzene rings is 1. The van der Waals surface area contributed by atoms with E-state index in [1.54, 1.807) is 14.0 Å². The van der Waals surface area contributed by atoms with Gasteiger partial charge in [0, 0.05) is 6.04 Å². The highest BCUT2D eigenvalue weighted by atomic mass is 19.1. The summed E-state index contributed by atoms with van der Waals surface area (Å²) in [5.74, 6) is 0.929. The van der Waals surface area contributed by atoms with Crippen LogP contribution in [-0.2, 0) is 4.79 Å². The normalized spacial score (nSPS) is 25.7. The van der Waals surface area contributed by atoms with Gasteiger partial charge in [-0.25, -0.2) is 14.4 Å². The van der Waals surface area contributed by atoms with E-state index in [9.17, 15) is 9.18 Å². The van der Waals surface area contributed by atoms with E-state index in [1.165, 1.54) is 0 Å². The summed E-state index contributed by atoms with van der Waals surface area (Å²) >= 11 is 0. The first-order chi connectivity index (χ1) is 14.0. The Labute approximate surface area is 169 Å². The van der Waals surface area contributed by atoms with Crippen molar-refractivity contribution in [3.8, 4) is 5.75 Å². The largest absolute Gasteiger partial charge is 0.497 e.